The highest BCUT2D eigenvalue weighted by molar-refractivity contribution is 6.15. The molecule has 2 heterocycles. The fourth-order valence-corrected chi connectivity index (χ4v) is 5.21. The van der Waals surface area contributed by atoms with Crippen molar-refractivity contribution in [3.05, 3.63) is 58.7 Å². The van der Waals surface area contributed by atoms with Gasteiger partial charge in [0, 0.05) is 35.7 Å². The Morgan fingerprint density at radius 1 is 1.06 bits per heavy atom. The minimum absolute atomic E-state index is 0.0311. The third kappa shape index (κ3) is 4.11. The fourth-order valence-electron chi connectivity index (χ4n) is 5.21. The van der Waals surface area contributed by atoms with E-state index in [1.165, 1.54) is 0 Å². The zero-order valence-corrected chi connectivity index (χ0v) is 19.1. The van der Waals surface area contributed by atoms with E-state index in [2.05, 4.69) is 0 Å². The van der Waals surface area contributed by atoms with E-state index in [4.69, 9.17) is 19.2 Å². The molecule has 1 saturated carbocycles. The van der Waals surface area contributed by atoms with Gasteiger partial charge in [-0.25, -0.2) is 0 Å². The topological polar surface area (TPSA) is 80.6 Å². The lowest BCUT2D eigenvalue weighted by Gasteiger charge is -2.37. The van der Waals surface area contributed by atoms with E-state index in [-0.39, 0.29) is 24.0 Å². The fraction of sp³-hybridized carbons (Fsp3) is 0.462. The molecule has 2 aliphatic heterocycles. The first kappa shape index (κ1) is 21.9. The maximum atomic E-state index is 12.8. The predicted octanol–water partition coefficient (Wildman–Crippen LogP) is 3.02. The summed E-state index contributed by atoms with van der Waals surface area (Å²) in [6.45, 7) is 2.41. The Kier molecular flexibility index (Phi) is 6.08. The van der Waals surface area contributed by atoms with E-state index < -0.39 is 0 Å². The Balaban J connectivity index is 1.52. The van der Waals surface area contributed by atoms with Crippen LogP contribution in [-0.2, 0) is 4.74 Å². The number of rotatable bonds is 4. The number of aliphatic imine (C=N–C) groups is 1. The minimum atomic E-state index is -0.311. The first-order valence-corrected chi connectivity index (χ1v) is 11.6. The van der Waals surface area contributed by atoms with Crippen molar-refractivity contribution in [3.63, 3.8) is 0 Å². The van der Waals surface area contributed by atoms with Crippen LogP contribution in [0.1, 0.15) is 52.2 Å². The summed E-state index contributed by atoms with van der Waals surface area (Å²) in [4.78, 5) is 19.8. The number of nitrogens with zero attached hydrogens (tertiary/aromatic N) is 2. The van der Waals surface area contributed by atoms with Crippen LogP contribution in [0.5, 0.6) is 11.5 Å². The van der Waals surface area contributed by atoms with E-state index in [0.717, 1.165) is 35.2 Å². The SMILES string of the molecule is COc1cc2c(cc1OC)C1CC(O)CCC1N=C2c1ccc(C(=O)N2CCOCC2)cc1. The average molecular weight is 451 g/mol. The van der Waals surface area contributed by atoms with Gasteiger partial charge in [-0.15, -0.1) is 0 Å². The van der Waals surface area contributed by atoms with Crippen LogP contribution in [0.3, 0.4) is 0 Å². The average Bonchev–Trinajstić information content (AvgIpc) is 2.87. The van der Waals surface area contributed by atoms with Gasteiger partial charge in [-0.3, -0.25) is 9.79 Å². The molecule has 0 bridgehead atoms. The minimum Gasteiger partial charge on any atom is -0.493 e. The quantitative estimate of drug-likeness (QED) is 0.775. The Morgan fingerprint density at radius 2 is 1.76 bits per heavy atom. The summed E-state index contributed by atoms with van der Waals surface area (Å²) in [5.41, 5.74) is 4.66. The lowest BCUT2D eigenvalue weighted by atomic mass is 9.74. The highest BCUT2D eigenvalue weighted by Crippen LogP contribution is 2.44. The lowest BCUT2D eigenvalue weighted by molar-refractivity contribution is 0.0303. The molecule has 2 aromatic carbocycles. The van der Waals surface area contributed by atoms with Crippen LogP contribution >= 0.6 is 0 Å². The van der Waals surface area contributed by atoms with Crippen molar-refractivity contribution in [3.8, 4) is 11.5 Å². The monoisotopic (exact) mass is 450 g/mol. The number of hydrogen-bond acceptors (Lipinski definition) is 6. The number of aliphatic hydroxyl groups is 1. The summed E-state index contributed by atoms with van der Waals surface area (Å²) in [5, 5.41) is 10.3. The third-order valence-electron chi connectivity index (χ3n) is 6.99. The van der Waals surface area contributed by atoms with Crippen molar-refractivity contribution in [1.82, 2.24) is 4.90 Å². The molecule has 1 saturated heterocycles. The molecule has 3 unspecified atom stereocenters. The summed E-state index contributed by atoms with van der Waals surface area (Å²) < 4.78 is 16.5. The van der Waals surface area contributed by atoms with Gasteiger partial charge in [0.1, 0.15) is 0 Å². The number of fused-ring (bicyclic) bond motifs is 3. The number of hydrogen-bond donors (Lipinski definition) is 1. The van der Waals surface area contributed by atoms with Gasteiger partial charge in [0.05, 0.1) is 45.3 Å². The van der Waals surface area contributed by atoms with E-state index in [1.54, 1.807) is 14.2 Å². The van der Waals surface area contributed by atoms with Gasteiger partial charge in [0.2, 0.25) is 0 Å². The molecule has 2 aromatic rings. The summed E-state index contributed by atoms with van der Waals surface area (Å²) in [5.74, 6) is 1.51. The molecular weight excluding hydrogens is 420 g/mol. The maximum absolute atomic E-state index is 12.8. The van der Waals surface area contributed by atoms with Crippen molar-refractivity contribution in [2.24, 2.45) is 4.99 Å². The highest BCUT2D eigenvalue weighted by atomic mass is 16.5. The molecular formula is C26H30N2O5. The summed E-state index contributed by atoms with van der Waals surface area (Å²) in [7, 11) is 3.27. The Bertz CT molecular complexity index is 1060. The molecule has 1 N–H and O–H groups in total. The number of carbonyl (C=O) groups is 1. The predicted molar refractivity (Wildman–Crippen MR) is 125 cm³/mol. The Labute approximate surface area is 194 Å². The molecule has 1 aliphatic carbocycles. The second-order valence-electron chi connectivity index (χ2n) is 8.89. The maximum Gasteiger partial charge on any atom is 0.254 e. The van der Waals surface area contributed by atoms with Gasteiger partial charge in [-0.05, 0) is 49.1 Å². The van der Waals surface area contributed by atoms with Crippen molar-refractivity contribution >= 4 is 11.6 Å². The normalized spacial score (nSPS) is 24.4. The van der Waals surface area contributed by atoms with Gasteiger partial charge in [-0.1, -0.05) is 12.1 Å². The molecule has 7 nitrogen and oxygen atoms in total. The number of aliphatic hydroxyl groups excluding tert-OH is 1. The van der Waals surface area contributed by atoms with Gasteiger partial charge in [0.25, 0.3) is 5.91 Å². The van der Waals surface area contributed by atoms with Crippen LogP contribution in [0.25, 0.3) is 0 Å². The molecule has 0 radical (unpaired) electrons. The van der Waals surface area contributed by atoms with E-state index in [0.29, 0.717) is 49.8 Å². The molecule has 174 valence electrons. The van der Waals surface area contributed by atoms with Gasteiger partial charge in [0.15, 0.2) is 11.5 Å². The molecule has 33 heavy (non-hydrogen) atoms. The van der Waals surface area contributed by atoms with Crippen LogP contribution in [0.4, 0.5) is 0 Å². The van der Waals surface area contributed by atoms with Crippen LogP contribution in [0, 0.1) is 0 Å². The Morgan fingerprint density at radius 3 is 2.45 bits per heavy atom. The molecule has 2 fully saturated rings. The van der Waals surface area contributed by atoms with Crippen molar-refractivity contribution < 1.29 is 24.1 Å². The lowest BCUT2D eigenvalue weighted by Crippen LogP contribution is -2.40. The van der Waals surface area contributed by atoms with Gasteiger partial charge < -0.3 is 24.2 Å². The molecule has 3 atom stereocenters. The van der Waals surface area contributed by atoms with E-state index >= 15 is 0 Å². The second kappa shape index (κ2) is 9.15. The number of benzene rings is 2. The summed E-state index contributed by atoms with van der Waals surface area (Å²) >= 11 is 0. The van der Waals surface area contributed by atoms with Crippen LogP contribution in [-0.4, -0.2) is 74.3 Å². The van der Waals surface area contributed by atoms with Crippen LogP contribution in [0.2, 0.25) is 0 Å². The number of amides is 1. The molecule has 5 rings (SSSR count). The van der Waals surface area contributed by atoms with Crippen molar-refractivity contribution in [1.29, 1.82) is 0 Å². The van der Waals surface area contributed by atoms with Crippen LogP contribution < -0.4 is 9.47 Å². The van der Waals surface area contributed by atoms with Gasteiger partial charge in [-0.2, -0.15) is 0 Å². The molecule has 7 heteroatoms. The number of carbonyl (C=O) groups excluding carboxylic acids is 1. The third-order valence-corrected chi connectivity index (χ3v) is 6.99. The summed E-state index contributed by atoms with van der Waals surface area (Å²) in [6, 6.07) is 11.9. The smallest absolute Gasteiger partial charge is 0.254 e. The highest BCUT2D eigenvalue weighted by Gasteiger charge is 2.37. The Hall–Kier alpha value is -2.90. The van der Waals surface area contributed by atoms with Crippen LogP contribution in [0.15, 0.2) is 41.4 Å². The zero-order valence-electron chi connectivity index (χ0n) is 19.1. The van der Waals surface area contributed by atoms with Crippen molar-refractivity contribution in [2.75, 3.05) is 40.5 Å². The first-order chi connectivity index (χ1) is 16.1. The van der Waals surface area contributed by atoms with Crippen molar-refractivity contribution in [2.45, 2.75) is 37.3 Å². The molecule has 0 aromatic heterocycles. The standard InChI is InChI=1S/C26H30N2O5/c1-31-23-14-19-20-13-18(29)7-8-22(20)27-25(21(19)15-24(23)32-2)16-3-5-17(6-4-16)26(30)28-9-11-33-12-10-28/h3-6,14-15,18,20,22,29H,7-13H2,1-2H3. The largest absolute Gasteiger partial charge is 0.493 e. The number of ether oxygens (including phenoxy) is 3. The number of methoxy groups -OCH3 is 2. The van der Waals surface area contributed by atoms with E-state index in [1.807, 2.05) is 41.3 Å². The van der Waals surface area contributed by atoms with Gasteiger partial charge >= 0.3 is 0 Å². The summed E-state index contributed by atoms with van der Waals surface area (Å²) in [6.07, 6.45) is 1.98. The first-order valence-electron chi connectivity index (χ1n) is 11.6. The molecule has 1 amide bonds. The molecule has 0 spiro atoms. The molecule has 3 aliphatic rings. The number of morpholine rings is 1. The second-order valence-corrected chi connectivity index (χ2v) is 8.89. The van der Waals surface area contributed by atoms with E-state index in [9.17, 15) is 9.90 Å². The zero-order chi connectivity index (χ0) is 22.9.